The van der Waals surface area contributed by atoms with Crippen LogP contribution in [0.3, 0.4) is 0 Å². The zero-order chi connectivity index (χ0) is 25.2. The molecule has 0 aliphatic heterocycles. The fraction of sp³-hybridized carbons (Fsp3) is 0.219. The van der Waals surface area contributed by atoms with Gasteiger partial charge in [-0.25, -0.2) is 4.79 Å². The predicted molar refractivity (Wildman–Crippen MR) is 145 cm³/mol. The molecule has 0 aliphatic carbocycles. The summed E-state index contributed by atoms with van der Waals surface area (Å²) >= 11 is 0. The van der Waals surface area contributed by atoms with Crippen LogP contribution in [0.4, 0.5) is 0 Å². The summed E-state index contributed by atoms with van der Waals surface area (Å²) in [6, 6.07) is 36.8. The molecule has 0 heterocycles. The van der Waals surface area contributed by atoms with Gasteiger partial charge in [0.25, 0.3) is 0 Å². The molecule has 4 nitrogen and oxygen atoms in total. The van der Waals surface area contributed by atoms with Crippen LogP contribution in [0.1, 0.15) is 51.9 Å². The van der Waals surface area contributed by atoms with Crippen LogP contribution in [0.2, 0.25) is 0 Å². The van der Waals surface area contributed by atoms with E-state index in [1.807, 2.05) is 18.2 Å². The van der Waals surface area contributed by atoms with Gasteiger partial charge in [-0.05, 0) is 72.8 Å². The van der Waals surface area contributed by atoms with Gasteiger partial charge in [-0.15, -0.1) is 0 Å². The SMILES string of the molecule is CC(Cc1ccc(OCc2cccc(C(=O)O)c2)cc1)NCCC(c1ccccc1)c1ccccc1. The molecular weight excluding hydrogens is 446 g/mol. The second-order valence-electron chi connectivity index (χ2n) is 9.16. The predicted octanol–water partition coefficient (Wildman–Crippen LogP) is 6.71. The minimum atomic E-state index is -0.931. The molecule has 36 heavy (non-hydrogen) atoms. The van der Waals surface area contributed by atoms with Crippen LogP contribution in [0.15, 0.2) is 109 Å². The maximum atomic E-state index is 11.1. The average molecular weight is 480 g/mol. The van der Waals surface area contributed by atoms with E-state index in [1.54, 1.807) is 18.2 Å². The van der Waals surface area contributed by atoms with Gasteiger partial charge < -0.3 is 15.2 Å². The molecule has 0 saturated carbocycles. The Morgan fingerprint density at radius 3 is 2.06 bits per heavy atom. The van der Waals surface area contributed by atoms with Gasteiger partial charge in [0.05, 0.1) is 5.56 Å². The summed E-state index contributed by atoms with van der Waals surface area (Å²) in [5.41, 5.74) is 5.05. The number of carboxylic acid groups (broad SMARTS) is 1. The normalized spacial score (nSPS) is 11.8. The molecule has 0 fully saturated rings. The van der Waals surface area contributed by atoms with Gasteiger partial charge in [-0.1, -0.05) is 84.9 Å². The molecular formula is C32H33NO3. The van der Waals surface area contributed by atoms with E-state index in [2.05, 4.69) is 85.0 Å². The number of carbonyl (C=O) groups is 1. The van der Waals surface area contributed by atoms with Crippen molar-refractivity contribution in [3.63, 3.8) is 0 Å². The summed E-state index contributed by atoms with van der Waals surface area (Å²) in [5.74, 6) is 0.216. The van der Waals surface area contributed by atoms with Crippen LogP contribution in [0.5, 0.6) is 5.75 Å². The monoisotopic (exact) mass is 479 g/mol. The van der Waals surface area contributed by atoms with E-state index in [1.165, 1.54) is 16.7 Å². The molecule has 184 valence electrons. The molecule has 4 rings (SSSR count). The van der Waals surface area contributed by atoms with Crippen LogP contribution in [-0.4, -0.2) is 23.7 Å². The number of rotatable bonds is 12. The van der Waals surface area contributed by atoms with Gasteiger partial charge in [0, 0.05) is 12.0 Å². The average Bonchev–Trinajstić information content (AvgIpc) is 2.92. The van der Waals surface area contributed by atoms with Gasteiger partial charge >= 0.3 is 5.97 Å². The van der Waals surface area contributed by atoms with E-state index in [4.69, 9.17) is 9.84 Å². The van der Waals surface area contributed by atoms with Gasteiger partial charge in [0.1, 0.15) is 12.4 Å². The highest BCUT2D eigenvalue weighted by molar-refractivity contribution is 5.87. The van der Waals surface area contributed by atoms with Crippen LogP contribution < -0.4 is 10.1 Å². The number of benzene rings is 4. The highest BCUT2D eigenvalue weighted by Gasteiger charge is 2.14. The smallest absolute Gasteiger partial charge is 0.335 e. The lowest BCUT2D eigenvalue weighted by molar-refractivity contribution is 0.0696. The molecule has 4 aromatic carbocycles. The molecule has 0 aliphatic rings. The zero-order valence-corrected chi connectivity index (χ0v) is 20.6. The molecule has 4 heteroatoms. The Bertz CT molecular complexity index is 1180. The van der Waals surface area contributed by atoms with Crippen molar-refractivity contribution in [1.29, 1.82) is 0 Å². The van der Waals surface area contributed by atoms with Crippen molar-refractivity contribution in [3.8, 4) is 5.75 Å². The number of nitrogens with one attached hydrogen (secondary N) is 1. The highest BCUT2D eigenvalue weighted by Crippen LogP contribution is 2.27. The van der Waals surface area contributed by atoms with Crippen LogP contribution in [0, 0.1) is 0 Å². The Balaban J connectivity index is 1.26. The van der Waals surface area contributed by atoms with Crippen LogP contribution in [-0.2, 0) is 13.0 Å². The second-order valence-corrected chi connectivity index (χ2v) is 9.16. The fourth-order valence-electron chi connectivity index (χ4n) is 4.48. The molecule has 4 aromatic rings. The Morgan fingerprint density at radius 2 is 1.44 bits per heavy atom. The van der Waals surface area contributed by atoms with Gasteiger partial charge in [-0.2, -0.15) is 0 Å². The first-order valence-corrected chi connectivity index (χ1v) is 12.5. The number of ether oxygens (including phenoxy) is 1. The quantitative estimate of drug-likeness (QED) is 0.237. The lowest BCUT2D eigenvalue weighted by Gasteiger charge is -2.20. The van der Waals surface area contributed by atoms with Crippen molar-refractivity contribution in [1.82, 2.24) is 5.32 Å². The van der Waals surface area contributed by atoms with Gasteiger partial charge in [-0.3, -0.25) is 0 Å². The molecule has 1 atom stereocenters. The molecule has 0 aromatic heterocycles. The van der Waals surface area contributed by atoms with E-state index < -0.39 is 5.97 Å². The van der Waals surface area contributed by atoms with Crippen molar-refractivity contribution in [3.05, 3.63) is 137 Å². The number of carboxylic acids is 1. The summed E-state index contributed by atoms with van der Waals surface area (Å²) in [4.78, 5) is 11.1. The first-order chi connectivity index (χ1) is 17.6. The van der Waals surface area contributed by atoms with Crippen molar-refractivity contribution in [2.45, 2.75) is 38.3 Å². The highest BCUT2D eigenvalue weighted by atomic mass is 16.5. The fourth-order valence-corrected chi connectivity index (χ4v) is 4.48. The van der Waals surface area contributed by atoms with Crippen LogP contribution >= 0.6 is 0 Å². The lowest BCUT2D eigenvalue weighted by Crippen LogP contribution is -2.30. The van der Waals surface area contributed by atoms with Crippen molar-refractivity contribution in [2.75, 3.05) is 6.54 Å². The van der Waals surface area contributed by atoms with Gasteiger partial charge in [0.15, 0.2) is 0 Å². The minimum Gasteiger partial charge on any atom is -0.489 e. The third-order valence-corrected chi connectivity index (χ3v) is 6.37. The summed E-state index contributed by atoms with van der Waals surface area (Å²) in [6.45, 7) is 3.49. The number of hydrogen-bond donors (Lipinski definition) is 2. The maximum Gasteiger partial charge on any atom is 0.335 e. The number of aromatic carboxylic acids is 1. The Morgan fingerprint density at radius 1 is 0.806 bits per heavy atom. The largest absolute Gasteiger partial charge is 0.489 e. The minimum absolute atomic E-state index is 0.270. The number of hydrogen-bond acceptors (Lipinski definition) is 3. The Hall–Kier alpha value is -3.89. The molecule has 0 bridgehead atoms. The van der Waals surface area contributed by atoms with E-state index in [0.29, 0.717) is 18.6 Å². The maximum absolute atomic E-state index is 11.1. The van der Waals surface area contributed by atoms with E-state index in [9.17, 15) is 4.79 Å². The summed E-state index contributed by atoms with van der Waals surface area (Å²) in [5, 5.41) is 12.8. The van der Waals surface area contributed by atoms with E-state index >= 15 is 0 Å². The third-order valence-electron chi connectivity index (χ3n) is 6.37. The van der Waals surface area contributed by atoms with E-state index in [0.717, 1.165) is 30.7 Å². The molecule has 0 spiro atoms. The summed E-state index contributed by atoms with van der Waals surface area (Å²) in [6.07, 6.45) is 1.97. The van der Waals surface area contributed by atoms with Crippen molar-refractivity contribution in [2.24, 2.45) is 0 Å². The van der Waals surface area contributed by atoms with E-state index in [-0.39, 0.29) is 5.56 Å². The molecule has 0 radical (unpaired) electrons. The second kappa shape index (κ2) is 12.7. The topological polar surface area (TPSA) is 58.6 Å². The summed E-state index contributed by atoms with van der Waals surface area (Å²) in [7, 11) is 0. The first kappa shape index (κ1) is 25.2. The Kier molecular flexibility index (Phi) is 8.90. The molecule has 0 saturated heterocycles. The van der Waals surface area contributed by atoms with Crippen molar-refractivity contribution < 1.29 is 14.6 Å². The molecule has 0 amide bonds. The third kappa shape index (κ3) is 7.30. The lowest BCUT2D eigenvalue weighted by atomic mass is 9.88. The van der Waals surface area contributed by atoms with Crippen molar-refractivity contribution >= 4 is 5.97 Å². The zero-order valence-electron chi connectivity index (χ0n) is 20.6. The van der Waals surface area contributed by atoms with Gasteiger partial charge in [0.2, 0.25) is 0 Å². The summed E-state index contributed by atoms with van der Waals surface area (Å²) < 4.78 is 5.85. The standard InChI is InChI=1S/C32H33NO3/c1-24(33-20-19-31(27-10-4-2-5-11-27)28-12-6-3-7-13-28)21-25-15-17-30(18-16-25)36-23-26-9-8-14-29(22-26)32(34)35/h2-18,22,24,31,33H,19-21,23H2,1H3,(H,34,35). The Labute approximate surface area is 213 Å². The first-order valence-electron chi connectivity index (χ1n) is 12.5. The molecule has 1 unspecified atom stereocenters. The van der Waals surface area contributed by atoms with Crippen LogP contribution in [0.25, 0.3) is 0 Å². The molecule has 2 N–H and O–H groups in total.